The van der Waals surface area contributed by atoms with Crippen molar-refractivity contribution in [2.24, 2.45) is 0 Å². The van der Waals surface area contributed by atoms with Gasteiger partial charge >= 0.3 is 0 Å². The molecule has 0 atom stereocenters. The van der Waals surface area contributed by atoms with Crippen molar-refractivity contribution >= 4 is 11.6 Å². The second-order valence-electron chi connectivity index (χ2n) is 5.57. The fraction of sp³-hybridized carbons (Fsp3) is 0.562. The molecule has 102 valence electrons. The zero-order valence-electron chi connectivity index (χ0n) is 11.5. The molecule has 3 nitrogen and oxygen atoms in total. The Bertz CT molecular complexity index is 462. The highest BCUT2D eigenvalue weighted by atomic mass is 16.2. The lowest BCUT2D eigenvalue weighted by atomic mass is 9.97. The van der Waals surface area contributed by atoms with Crippen LogP contribution >= 0.6 is 0 Å². The number of anilines is 1. The molecular formula is C16H22N2O. The van der Waals surface area contributed by atoms with E-state index in [1.807, 2.05) is 12.1 Å². The van der Waals surface area contributed by atoms with Crippen LogP contribution in [0.4, 0.5) is 5.69 Å². The van der Waals surface area contributed by atoms with E-state index in [0.29, 0.717) is 0 Å². The van der Waals surface area contributed by atoms with Gasteiger partial charge in [-0.15, -0.1) is 0 Å². The Labute approximate surface area is 115 Å². The molecule has 1 aromatic carbocycles. The van der Waals surface area contributed by atoms with Gasteiger partial charge in [-0.05, 0) is 43.4 Å². The fourth-order valence-corrected chi connectivity index (χ4v) is 3.15. The van der Waals surface area contributed by atoms with E-state index < -0.39 is 0 Å². The smallest absolute Gasteiger partial charge is 0.254 e. The largest absolute Gasteiger partial charge is 0.385 e. The van der Waals surface area contributed by atoms with Gasteiger partial charge in [0, 0.05) is 30.9 Å². The van der Waals surface area contributed by atoms with Crippen LogP contribution < -0.4 is 5.32 Å². The van der Waals surface area contributed by atoms with Gasteiger partial charge in [0.15, 0.2) is 0 Å². The number of nitrogens with zero attached hydrogens (tertiary/aromatic N) is 1. The van der Waals surface area contributed by atoms with Crippen LogP contribution in [0.25, 0.3) is 0 Å². The van der Waals surface area contributed by atoms with Crippen molar-refractivity contribution in [2.45, 2.75) is 38.5 Å². The number of fused-ring (bicyclic) bond motifs is 1. The third-order valence-electron chi connectivity index (χ3n) is 4.22. The van der Waals surface area contributed by atoms with Crippen LogP contribution in [0.5, 0.6) is 0 Å². The molecule has 19 heavy (non-hydrogen) atoms. The Morgan fingerprint density at radius 1 is 1.05 bits per heavy atom. The minimum Gasteiger partial charge on any atom is -0.385 e. The third kappa shape index (κ3) is 2.60. The minimum absolute atomic E-state index is 0.238. The van der Waals surface area contributed by atoms with Crippen LogP contribution in [0.15, 0.2) is 18.2 Å². The first-order valence-corrected chi connectivity index (χ1v) is 7.51. The minimum atomic E-state index is 0.238. The van der Waals surface area contributed by atoms with Gasteiger partial charge in [0.25, 0.3) is 5.91 Å². The van der Waals surface area contributed by atoms with Crippen LogP contribution in [-0.2, 0) is 6.42 Å². The van der Waals surface area contributed by atoms with Crippen LogP contribution in [0.3, 0.4) is 0 Å². The highest BCUT2D eigenvalue weighted by Gasteiger charge is 2.22. The monoisotopic (exact) mass is 258 g/mol. The molecule has 0 spiro atoms. The average Bonchev–Trinajstić information content (AvgIpc) is 2.75. The van der Waals surface area contributed by atoms with Crippen molar-refractivity contribution < 1.29 is 4.79 Å². The number of carbonyl (C=O) groups is 1. The van der Waals surface area contributed by atoms with E-state index in [4.69, 9.17) is 0 Å². The van der Waals surface area contributed by atoms with E-state index >= 15 is 0 Å². The average molecular weight is 258 g/mol. The number of amides is 1. The summed E-state index contributed by atoms with van der Waals surface area (Å²) in [5.41, 5.74) is 3.31. The van der Waals surface area contributed by atoms with Gasteiger partial charge in [-0.3, -0.25) is 4.79 Å². The van der Waals surface area contributed by atoms with Gasteiger partial charge in [0.05, 0.1) is 0 Å². The normalized spacial score (nSPS) is 19.3. The van der Waals surface area contributed by atoms with Gasteiger partial charge in [0.1, 0.15) is 0 Å². The van der Waals surface area contributed by atoms with Gasteiger partial charge in [-0.2, -0.15) is 0 Å². The summed E-state index contributed by atoms with van der Waals surface area (Å²) in [6.45, 7) is 2.88. The third-order valence-corrected chi connectivity index (χ3v) is 4.22. The maximum absolute atomic E-state index is 12.7. The first-order chi connectivity index (χ1) is 9.36. The molecule has 0 bridgehead atoms. The van der Waals surface area contributed by atoms with Gasteiger partial charge < -0.3 is 10.2 Å². The molecule has 0 radical (unpaired) electrons. The second-order valence-corrected chi connectivity index (χ2v) is 5.57. The molecule has 1 saturated heterocycles. The number of hydrogen-bond acceptors (Lipinski definition) is 2. The second kappa shape index (κ2) is 5.64. The van der Waals surface area contributed by atoms with E-state index in [2.05, 4.69) is 16.3 Å². The lowest BCUT2D eigenvalue weighted by Gasteiger charge is -2.25. The summed E-state index contributed by atoms with van der Waals surface area (Å²) in [4.78, 5) is 14.8. The zero-order chi connectivity index (χ0) is 13.1. The van der Waals surface area contributed by atoms with E-state index in [1.54, 1.807) is 0 Å². The molecule has 0 unspecified atom stereocenters. The molecule has 3 heteroatoms. The Morgan fingerprint density at radius 2 is 1.84 bits per heavy atom. The molecule has 1 fully saturated rings. The SMILES string of the molecule is O=C(c1cccc2c1CCCN2)N1CCCCCC1. The van der Waals surface area contributed by atoms with E-state index in [0.717, 1.165) is 56.6 Å². The van der Waals surface area contributed by atoms with Crippen molar-refractivity contribution in [2.75, 3.05) is 25.0 Å². The molecule has 2 aliphatic rings. The predicted octanol–water partition coefficient (Wildman–Crippen LogP) is 3.06. The lowest BCUT2D eigenvalue weighted by Crippen LogP contribution is -2.33. The van der Waals surface area contributed by atoms with Gasteiger partial charge in [-0.1, -0.05) is 18.9 Å². The highest BCUT2D eigenvalue weighted by molar-refractivity contribution is 5.97. The Balaban J connectivity index is 1.86. The van der Waals surface area contributed by atoms with E-state index in [1.165, 1.54) is 18.4 Å². The molecule has 0 aliphatic carbocycles. The molecule has 1 N–H and O–H groups in total. The summed E-state index contributed by atoms with van der Waals surface area (Å²) in [7, 11) is 0. The van der Waals surface area contributed by atoms with Gasteiger partial charge in [0.2, 0.25) is 0 Å². The van der Waals surface area contributed by atoms with Crippen LogP contribution in [0.1, 0.15) is 48.0 Å². The van der Waals surface area contributed by atoms with Crippen molar-refractivity contribution in [1.29, 1.82) is 0 Å². The standard InChI is InChI=1S/C16H22N2O/c19-16(18-11-3-1-2-4-12-18)14-7-5-9-15-13(14)8-6-10-17-15/h5,7,9,17H,1-4,6,8,10-12H2. The van der Waals surface area contributed by atoms with Crippen LogP contribution in [0, 0.1) is 0 Å². The molecular weight excluding hydrogens is 236 g/mol. The first-order valence-electron chi connectivity index (χ1n) is 7.51. The zero-order valence-corrected chi connectivity index (χ0v) is 11.5. The summed E-state index contributed by atoms with van der Waals surface area (Å²) < 4.78 is 0. The number of rotatable bonds is 1. The predicted molar refractivity (Wildman–Crippen MR) is 77.6 cm³/mol. The molecule has 1 aromatic rings. The van der Waals surface area contributed by atoms with Crippen molar-refractivity contribution in [1.82, 2.24) is 4.90 Å². The van der Waals surface area contributed by atoms with Crippen molar-refractivity contribution in [3.05, 3.63) is 29.3 Å². The quantitative estimate of drug-likeness (QED) is 0.839. The molecule has 2 heterocycles. The number of likely N-dealkylation sites (tertiary alicyclic amines) is 1. The van der Waals surface area contributed by atoms with E-state index in [-0.39, 0.29) is 5.91 Å². The molecule has 3 rings (SSSR count). The van der Waals surface area contributed by atoms with Crippen molar-refractivity contribution in [3.8, 4) is 0 Å². The number of benzene rings is 1. The molecule has 2 aliphatic heterocycles. The Morgan fingerprint density at radius 3 is 2.63 bits per heavy atom. The number of nitrogens with one attached hydrogen (secondary N) is 1. The topological polar surface area (TPSA) is 32.3 Å². The summed E-state index contributed by atoms with van der Waals surface area (Å²) in [6.07, 6.45) is 6.98. The number of hydrogen-bond donors (Lipinski definition) is 1. The summed E-state index contributed by atoms with van der Waals surface area (Å²) >= 11 is 0. The first kappa shape index (κ1) is 12.5. The maximum atomic E-state index is 12.7. The molecule has 0 saturated carbocycles. The fourth-order valence-electron chi connectivity index (χ4n) is 3.15. The Hall–Kier alpha value is -1.51. The Kier molecular flexibility index (Phi) is 3.72. The highest BCUT2D eigenvalue weighted by Crippen LogP contribution is 2.26. The summed E-state index contributed by atoms with van der Waals surface area (Å²) in [5, 5.41) is 3.40. The molecule has 0 aromatic heterocycles. The van der Waals surface area contributed by atoms with Crippen molar-refractivity contribution in [3.63, 3.8) is 0 Å². The molecule has 1 amide bonds. The lowest BCUT2D eigenvalue weighted by molar-refractivity contribution is 0.0760. The van der Waals surface area contributed by atoms with Crippen LogP contribution in [0.2, 0.25) is 0 Å². The summed E-state index contributed by atoms with van der Waals surface area (Å²) in [6, 6.07) is 6.09. The number of carbonyl (C=O) groups excluding carboxylic acids is 1. The van der Waals surface area contributed by atoms with Crippen LogP contribution in [-0.4, -0.2) is 30.4 Å². The summed E-state index contributed by atoms with van der Waals surface area (Å²) in [5.74, 6) is 0.238. The maximum Gasteiger partial charge on any atom is 0.254 e. The van der Waals surface area contributed by atoms with Gasteiger partial charge in [-0.25, -0.2) is 0 Å². The van der Waals surface area contributed by atoms with E-state index in [9.17, 15) is 4.79 Å².